The van der Waals surface area contributed by atoms with E-state index in [1.54, 1.807) is 24.4 Å². The maximum absolute atomic E-state index is 12.7. The lowest BCUT2D eigenvalue weighted by atomic mass is 10.0. The summed E-state index contributed by atoms with van der Waals surface area (Å²) in [5, 5.41) is 3.49. The number of aromatic nitrogens is 1. The summed E-state index contributed by atoms with van der Waals surface area (Å²) in [6.45, 7) is 5.35. The Morgan fingerprint density at radius 1 is 1.33 bits per heavy atom. The molecule has 7 heteroatoms. The number of amides is 1. The molecule has 0 bridgehead atoms. The molecule has 1 amide bonds. The van der Waals surface area contributed by atoms with Crippen LogP contribution in [0, 0.1) is 0 Å². The lowest BCUT2D eigenvalue weighted by Gasteiger charge is -2.36. The number of hydrogen-bond acceptors (Lipinski definition) is 5. The Morgan fingerprint density at radius 3 is 2.79 bits per heavy atom. The van der Waals surface area contributed by atoms with Crippen LogP contribution in [0.1, 0.15) is 24.5 Å². The molecule has 0 aromatic carbocycles. The number of halogens is 1. The normalized spacial score (nSPS) is 22.7. The Hall–Kier alpha value is -1.50. The first-order chi connectivity index (χ1) is 11.3. The predicted molar refractivity (Wildman–Crippen MR) is 94.3 cm³/mol. The number of likely N-dealkylation sites (tertiary alicyclic amines) is 1. The van der Waals surface area contributed by atoms with Gasteiger partial charge in [-0.3, -0.25) is 9.78 Å². The van der Waals surface area contributed by atoms with Gasteiger partial charge in [-0.05, 0) is 38.1 Å². The van der Waals surface area contributed by atoms with E-state index in [-0.39, 0.29) is 24.4 Å². The van der Waals surface area contributed by atoms with E-state index in [1.165, 1.54) is 12.8 Å². The summed E-state index contributed by atoms with van der Waals surface area (Å²) >= 11 is 0. The molecule has 1 unspecified atom stereocenters. The van der Waals surface area contributed by atoms with Crippen molar-refractivity contribution in [3.63, 3.8) is 0 Å². The number of pyridine rings is 1. The van der Waals surface area contributed by atoms with E-state index >= 15 is 0 Å². The van der Waals surface area contributed by atoms with Gasteiger partial charge < -0.3 is 19.9 Å². The van der Waals surface area contributed by atoms with Gasteiger partial charge in [0.1, 0.15) is 12.2 Å². The van der Waals surface area contributed by atoms with Gasteiger partial charge in [0, 0.05) is 38.4 Å². The Bertz CT molecular complexity index is 537. The highest BCUT2D eigenvalue weighted by Gasteiger charge is 2.31. The van der Waals surface area contributed by atoms with Gasteiger partial charge in [0.15, 0.2) is 0 Å². The maximum atomic E-state index is 12.7. The molecule has 2 aliphatic rings. The van der Waals surface area contributed by atoms with Crippen molar-refractivity contribution < 1.29 is 9.59 Å². The maximum Gasteiger partial charge on any atom is 0.239 e. The van der Waals surface area contributed by atoms with Crippen molar-refractivity contribution in [1.29, 1.82) is 0 Å². The monoisotopic (exact) mass is 352 g/mol. The average molecular weight is 353 g/mol. The van der Waals surface area contributed by atoms with Crippen LogP contribution in [-0.4, -0.2) is 72.3 Å². The molecule has 1 aromatic heterocycles. The molecule has 2 fully saturated rings. The summed E-state index contributed by atoms with van der Waals surface area (Å²) in [7, 11) is 0. The van der Waals surface area contributed by atoms with Gasteiger partial charge in [-0.25, -0.2) is 0 Å². The minimum absolute atomic E-state index is 0. The largest absolute Gasteiger partial charge is 0.339 e. The van der Waals surface area contributed by atoms with Crippen LogP contribution >= 0.6 is 12.4 Å². The number of carbonyl (C=O) groups excluding carboxylic acids is 2. The molecule has 132 valence electrons. The third-order valence-corrected chi connectivity index (χ3v) is 4.65. The van der Waals surface area contributed by atoms with Gasteiger partial charge >= 0.3 is 0 Å². The second kappa shape index (κ2) is 9.11. The molecule has 24 heavy (non-hydrogen) atoms. The molecule has 3 heterocycles. The van der Waals surface area contributed by atoms with Crippen molar-refractivity contribution in [2.24, 2.45) is 0 Å². The molecule has 0 aliphatic carbocycles. The number of piperazine rings is 1. The van der Waals surface area contributed by atoms with Crippen molar-refractivity contribution in [2.45, 2.75) is 24.8 Å². The van der Waals surface area contributed by atoms with Crippen LogP contribution in [-0.2, 0) is 9.59 Å². The molecule has 2 atom stereocenters. The zero-order chi connectivity index (χ0) is 16.1. The fraction of sp³-hybridized carbons (Fsp3) is 0.588. The van der Waals surface area contributed by atoms with Crippen molar-refractivity contribution in [1.82, 2.24) is 20.1 Å². The Labute approximate surface area is 149 Å². The first-order valence-corrected chi connectivity index (χ1v) is 8.38. The molecule has 2 aliphatic heterocycles. The minimum atomic E-state index is -0.790. The average Bonchev–Trinajstić information content (AvgIpc) is 3.10. The van der Waals surface area contributed by atoms with Crippen LogP contribution in [0.25, 0.3) is 0 Å². The zero-order valence-electron chi connectivity index (χ0n) is 13.8. The first kappa shape index (κ1) is 18.8. The highest BCUT2D eigenvalue weighted by atomic mass is 35.5. The third kappa shape index (κ3) is 4.53. The molecule has 0 saturated carbocycles. The fourth-order valence-electron chi connectivity index (χ4n) is 3.44. The standard InChI is InChI=1S/C17H24N4O2.ClH/c22-13-15(16-5-1-2-6-19-16)17(23)21-10-7-18-14(12-21)11-20-8-3-4-9-20;/h1-2,5-6,13-15,18H,3-4,7-12H2;1H/t14-,15?;/m0./s1. The van der Waals surface area contributed by atoms with Gasteiger partial charge in [0.2, 0.25) is 5.91 Å². The van der Waals surface area contributed by atoms with E-state index in [0.29, 0.717) is 25.1 Å². The quantitative estimate of drug-likeness (QED) is 0.623. The van der Waals surface area contributed by atoms with Gasteiger partial charge in [-0.2, -0.15) is 0 Å². The van der Waals surface area contributed by atoms with Crippen LogP contribution in [0.15, 0.2) is 24.4 Å². The topological polar surface area (TPSA) is 65.5 Å². The van der Waals surface area contributed by atoms with Gasteiger partial charge in [-0.1, -0.05) is 6.07 Å². The Balaban J connectivity index is 0.00000208. The smallest absolute Gasteiger partial charge is 0.239 e. The Morgan fingerprint density at radius 2 is 2.12 bits per heavy atom. The Kier molecular flexibility index (Phi) is 7.15. The van der Waals surface area contributed by atoms with Crippen LogP contribution in [0.4, 0.5) is 0 Å². The lowest BCUT2D eigenvalue weighted by Crippen LogP contribution is -2.57. The van der Waals surface area contributed by atoms with Gasteiger partial charge in [-0.15, -0.1) is 12.4 Å². The van der Waals surface area contributed by atoms with Gasteiger partial charge in [0.05, 0.1) is 5.69 Å². The van der Waals surface area contributed by atoms with E-state index < -0.39 is 5.92 Å². The van der Waals surface area contributed by atoms with Crippen LogP contribution in [0.5, 0.6) is 0 Å². The zero-order valence-corrected chi connectivity index (χ0v) is 14.6. The van der Waals surface area contributed by atoms with Gasteiger partial charge in [0.25, 0.3) is 0 Å². The molecular formula is C17H25ClN4O2. The molecule has 6 nitrogen and oxygen atoms in total. The SMILES string of the molecule is Cl.O=CC(C(=O)N1CCN[C@@H](CN2CCCC2)C1)c1ccccn1. The predicted octanol–water partition coefficient (Wildman–Crippen LogP) is 0.682. The molecule has 3 rings (SSSR count). The minimum Gasteiger partial charge on any atom is -0.339 e. The number of nitrogens with one attached hydrogen (secondary N) is 1. The fourth-order valence-corrected chi connectivity index (χ4v) is 3.44. The summed E-state index contributed by atoms with van der Waals surface area (Å²) in [6, 6.07) is 5.61. The summed E-state index contributed by atoms with van der Waals surface area (Å²) in [6.07, 6.45) is 4.86. The molecule has 1 N–H and O–H groups in total. The summed E-state index contributed by atoms with van der Waals surface area (Å²) < 4.78 is 0. The second-order valence-corrected chi connectivity index (χ2v) is 6.31. The van der Waals surface area contributed by atoms with Crippen molar-refractivity contribution in [3.8, 4) is 0 Å². The van der Waals surface area contributed by atoms with E-state index in [9.17, 15) is 9.59 Å². The molecular weight excluding hydrogens is 328 g/mol. The van der Waals surface area contributed by atoms with Crippen molar-refractivity contribution in [3.05, 3.63) is 30.1 Å². The van der Waals surface area contributed by atoms with E-state index in [2.05, 4.69) is 15.2 Å². The van der Waals surface area contributed by atoms with Crippen LogP contribution in [0.2, 0.25) is 0 Å². The number of nitrogens with zero attached hydrogens (tertiary/aromatic N) is 3. The highest BCUT2D eigenvalue weighted by molar-refractivity contribution is 5.97. The molecule has 2 saturated heterocycles. The highest BCUT2D eigenvalue weighted by Crippen LogP contribution is 2.16. The number of hydrogen-bond donors (Lipinski definition) is 1. The number of carbonyl (C=O) groups is 2. The van der Waals surface area contributed by atoms with E-state index in [0.717, 1.165) is 26.2 Å². The molecule has 1 aromatic rings. The molecule has 0 radical (unpaired) electrons. The van der Waals surface area contributed by atoms with Crippen LogP contribution in [0.3, 0.4) is 0 Å². The first-order valence-electron chi connectivity index (χ1n) is 8.38. The third-order valence-electron chi connectivity index (χ3n) is 4.65. The van der Waals surface area contributed by atoms with Crippen molar-refractivity contribution in [2.75, 3.05) is 39.3 Å². The van der Waals surface area contributed by atoms with E-state index in [1.807, 2.05) is 4.90 Å². The summed E-state index contributed by atoms with van der Waals surface area (Å²) in [4.78, 5) is 32.6. The number of aldehydes is 1. The lowest BCUT2D eigenvalue weighted by molar-refractivity contribution is -0.136. The summed E-state index contributed by atoms with van der Waals surface area (Å²) in [5.41, 5.74) is 0.530. The van der Waals surface area contributed by atoms with E-state index in [4.69, 9.17) is 0 Å². The second-order valence-electron chi connectivity index (χ2n) is 6.31. The van der Waals surface area contributed by atoms with Crippen molar-refractivity contribution >= 4 is 24.6 Å². The molecule has 0 spiro atoms. The van der Waals surface area contributed by atoms with Crippen LogP contribution < -0.4 is 5.32 Å². The number of rotatable bonds is 5. The summed E-state index contributed by atoms with van der Waals surface area (Å²) in [5.74, 6) is -0.923.